The summed E-state index contributed by atoms with van der Waals surface area (Å²) in [6.45, 7) is 4.14. The molecule has 4 rings (SSSR count). The van der Waals surface area contributed by atoms with Gasteiger partial charge in [-0.3, -0.25) is 14.4 Å². The van der Waals surface area contributed by atoms with Gasteiger partial charge in [0.2, 0.25) is 0 Å². The third-order valence-corrected chi connectivity index (χ3v) is 5.01. The lowest BCUT2D eigenvalue weighted by molar-refractivity contribution is 0.0925. The first-order chi connectivity index (χ1) is 14.0. The van der Waals surface area contributed by atoms with Crippen LogP contribution in [0.4, 0.5) is 11.4 Å². The van der Waals surface area contributed by atoms with Gasteiger partial charge < -0.3 is 5.32 Å². The molecule has 0 aromatic heterocycles. The summed E-state index contributed by atoms with van der Waals surface area (Å²) in [6, 6.07) is 20.9. The summed E-state index contributed by atoms with van der Waals surface area (Å²) in [5, 5.41) is 2.94. The van der Waals surface area contributed by atoms with Crippen LogP contribution in [0.2, 0.25) is 0 Å². The number of amides is 3. The Bertz CT molecular complexity index is 1080. The van der Waals surface area contributed by atoms with Crippen LogP contribution < -0.4 is 10.2 Å². The van der Waals surface area contributed by atoms with Crippen molar-refractivity contribution in [3.63, 3.8) is 0 Å². The number of carbonyl (C=O) groups excluding carboxylic acids is 3. The minimum absolute atomic E-state index is 0.244. The molecule has 0 atom stereocenters. The smallest absolute Gasteiger partial charge is 0.266 e. The zero-order valence-electron chi connectivity index (χ0n) is 16.2. The van der Waals surface area contributed by atoms with E-state index in [1.54, 1.807) is 48.5 Å². The van der Waals surface area contributed by atoms with E-state index in [2.05, 4.69) is 19.2 Å². The predicted molar refractivity (Wildman–Crippen MR) is 113 cm³/mol. The van der Waals surface area contributed by atoms with Gasteiger partial charge in [-0.1, -0.05) is 44.2 Å². The van der Waals surface area contributed by atoms with Crippen molar-refractivity contribution in [3.05, 3.63) is 95.1 Å². The van der Waals surface area contributed by atoms with Gasteiger partial charge in [-0.15, -0.1) is 0 Å². The van der Waals surface area contributed by atoms with Crippen molar-refractivity contribution in [2.45, 2.75) is 19.8 Å². The molecule has 0 unspecified atom stereocenters. The molecule has 3 aromatic carbocycles. The van der Waals surface area contributed by atoms with E-state index in [-0.39, 0.29) is 23.6 Å². The van der Waals surface area contributed by atoms with Gasteiger partial charge in [0.1, 0.15) is 0 Å². The number of hydrogen-bond acceptors (Lipinski definition) is 3. The molecule has 1 aliphatic heterocycles. The number of hydrogen-bond donors (Lipinski definition) is 1. The predicted octanol–water partition coefficient (Wildman–Crippen LogP) is 4.86. The average molecular weight is 384 g/mol. The topological polar surface area (TPSA) is 66.5 Å². The number of anilines is 2. The van der Waals surface area contributed by atoms with E-state index in [9.17, 15) is 14.4 Å². The molecule has 0 radical (unpaired) electrons. The number of fused-ring (bicyclic) bond motifs is 1. The van der Waals surface area contributed by atoms with E-state index in [1.807, 2.05) is 24.3 Å². The SMILES string of the molecule is CC(C)c1ccccc1NC(=O)c1ccc(N2C(=O)c3ccccc3C2=O)cc1. The van der Waals surface area contributed by atoms with Crippen LogP contribution in [0.3, 0.4) is 0 Å². The molecule has 0 saturated heterocycles. The van der Waals surface area contributed by atoms with Gasteiger partial charge in [0.05, 0.1) is 16.8 Å². The van der Waals surface area contributed by atoms with E-state index in [4.69, 9.17) is 0 Å². The fourth-order valence-electron chi connectivity index (χ4n) is 3.49. The maximum atomic E-state index is 12.7. The van der Waals surface area contributed by atoms with Crippen molar-refractivity contribution in [1.82, 2.24) is 0 Å². The molecular weight excluding hydrogens is 364 g/mol. The molecule has 0 fully saturated rings. The lowest BCUT2D eigenvalue weighted by atomic mass is 10.0. The molecule has 0 saturated carbocycles. The van der Waals surface area contributed by atoms with Gasteiger partial charge in [-0.05, 0) is 53.9 Å². The Labute approximate surface area is 169 Å². The molecule has 0 spiro atoms. The molecule has 3 amide bonds. The Balaban J connectivity index is 1.56. The molecule has 5 heteroatoms. The number of imide groups is 1. The zero-order chi connectivity index (χ0) is 20.5. The number of para-hydroxylation sites is 1. The molecule has 0 bridgehead atoms. The number of nitrogens with zero attached hydrogens (tertiary/aromatic N) is 1. The summed E-state index contributed by atoms with van der Waals surface area (Å²) in [7, 11) is 0. The standard InChI is InChI=1S/C24H20N2O3/c1-15(2)18-7-5-6-10-21(18)25-22(27)16-11-13-17(14-12-16)26-23(28)19-8-3-4-9-20(19)24(26)29/h3-15H,1-2H3,(H,25,27). The molecule has 0 aliphatic carbocycles. The van der Waals surface area contributed by atoms with Crippen LogP contribution in [0.15, 0.2) is 72.8 Å². The van der Waals surface area contributed by atoms with E-state index in [1.165, 1.54) is 0 Å². The molecule has 144 valence electrons. The van der Waals surface area contributed by atoms with Crippen molar-refractivity contribution in [1.29, 1.82) is 0 Å². The van der Waals surface area contributed by atoms with Gasteiger partial charge >= 0.3 is 0 Å². The summed E-state index contributed by atoms with van der Waals surface area (Å²) < 4.78 is 0. The van der Waals surface area contributed by atoms with Crippen molar-refractivity contribution in [3.8, 4) is 0 Å². The highest BCUT2D eigenvalue weighted by atomic mass is 16.2. The Hall–Kier alpha value is -3.73. The highest BCUT2D eigenvalue weighted by Gasteiger charge is 2.36. The highest BCUT2D eigenvalue weighted by Crippen LogP contribution is 2.29. The third kappa shape index (κ3) is 3.31. The first-order valence-corrected chi connectivity index (χ1v) is 9.45. The van der Waals surface area contributed by atoms with Crippen LogP contribution in [0.5, 0.6) is 0 Å². The second-order valence-corrected chi connectivity index (χ2v) is 7.23. The fraction of sp³-hybridized carbons (Fsp3) is 0.125. The molecule has 3 aromatic rings. The lowest BCUT2D eigenvalue weighted by Gasteiger charge is -2.15. The molecule has 1 N–H and O–H groups in total. The maximum Gasteiger partial charge on any atom is 0.266 e. The summed E-state index contributed by atoms with van der Waals surface area (Å²) in [5.74, 6) is -0.669. The minimum Gasteiger partial charge on any atom is -0.322 e. The van der Waals surface area contributed by atoms with Gasteiger partial charge in [0.25, 0.3) is 17.7 Å². The van der Waals surface area contributed by atoms with Crippen LogP contribution in [0.1, 0.15) is 56.4 Å². The maximum absolute atomic E-state index is 12.7. The first kappa shape index (κ1) is 18.6. The van der Waals surface area contributed by atoms with Gasteiger partial charge in [-0.2, -0.15) is 0 Å². The summed E-state index contributed by atoms with van der Waals surface area (Å²) in [4.78, 5) is 39.0. The third-order valence-electron chi connectivity index (χ3n) is 5.01. The normalized spacial score (nSPS) is 13.0. The second kappa shape index (κ2) is 7.36. The van der Waals surface area contributed by atoms with Crippen molar-refractivity contribution in [2.75, 3.05) is 10.2 Å². The van der Waals surface area contributed by atoms with Crippen molar-refractivity contribution >= 4 is 29.1 Å². The number of benzene rings is 3. The van der Waals surface area contributed by atoms with Gasteiger partial charge in [-0.25, -0.2) is 4.90 Å². The van der Waals surface area contributed by atoms with E-state index < -0.39 is 0 Å². The number of carbonyl (C=O) groups is 3. The Morgan fingerprint density at radius 1 is 0.793 bits per heavy atom. The van der Waals surface area contributed by atoms with Gasteiger partial charge in [0, 0.05) is 11.3 Å². The molecule has 1 aliphatic rings. The van der Waals surface area contributed by atoms with Crippen LogP contribution in [-0.2, 0) is 0 Å². The fourth-order valence-corrected chi connectivity index (χ4v) is 3.49. The van der Waals surface area contributed by atoms with Gasteiger partial charge in [0.15, 0.2) is 0 Å². The summed E-state index contributed by atoms with van der Waals surface area (Å²) in [6.07, 6.45) is 0. The largest absolute Gasteiger partial charge is 0.322 e. The summed E-state index contributed by atoms with van der Waals surface area (Å²) in [5.41, 5.74) is 3.51. The van der Waals surface area contributed by atoms with Crippen LogP contribution >= 0.6 is 0 Å². The highest BCUT2D eigenvalue weighted by molar-refractivity contribution is 6.34. The van der Waals surface area contributed by atoms with Crippen molar-refractivity contribution in [2.24, 2.45) is 0 Å². The minimum atomic E-state index is -0.353. The quantitative estimate of drug-likeness (QED) is 0.653. The van der Waals surface area contributed by atoms with Crippen LogP contribution in [-0.4, -0.2) is 17.7 Å². The Morgan fingerprint density at radius 3 is 1.93 bits per heavy atom. The van der Waals surface area contributed by atoms with Crippen LogP contribution in [0.25, 0.3) is 0 Å². The van der Waals surface area contributed by atoms with E-state index in [0.717, 1.165) is 16.2 Å². The molecule has 5 nitrogen and oxygen atoms in total. The number of nitrogens with one attached hydrogen (secondary N) is 1. The van der Waals surface area contributed by atoms with E-state index >= 15 is 0 Å². The first-order valence-electron chi connectivity index (χ1n) is 9.45. The Morgan fingerprint density at radius 2 is 1.34 bits per heavy atom. The summed E-state index contributed by atoms with van der Waals surface area (Å²) >= 11 is 0. The van der Waals surface area contributed by atoms with E-state index in [0.29, 0.717) is 22.4 Å². The second-order valence-electron chi connectivity index (χ2n) is 7.23. The molecular formula is C24H20N2O3. The average Bonchev–Trinajstić information content (AvgIpc) is 2.99. The molecule has 1 heterocycles. The zero-order valence-corrected chi connectivity index (χ0v) is 16.2. The van der Waals surface area contributed by atoms with Crippen molar-refractivity contribution < 1.29 is 14.4 Å². The lowest BCUT2D eigenvalue weighted by Crippen LogP contribution is -2.29. The number of rotatable bonds is 4. The molecule has 29 heavy (non-hydrogen) atoms. The Kier molecular flexibility index (Phi) is 4.72. The van der Waals surface area contributed by atoms with Crippen LogP contribution in [0, 0.1) is 0 Å². The monoisotopic (exact) mass is 384 g/mol.